The van der Waals surface area contributed by atoms with Gasteiger partial charge in [-0.1, -0.05) is 11.2 Å². The van der Waals surface area contributed by atoms with Crippen LogP contribution in [0.25, 0.3) is 11.5 Å². The van der Waals surface area contributed by atoms with E-state index in [4.69, 9.17) is 10.3 Å². The number of nitrogens with two attached hydrogens (primary N) is 1. The van der Waals surface area contributed by atoms with E-state index in [9.17, 15) is 9.90 Å². The molecule has 0 aromatic carbocycles. The fourth-order valence-electron chi connectivity index (χ4n) is 2.76. The molecule has 1 fully saturated rings. The number of amides is 1. The molecular formula is C15H19N5O3. The molecule has 0 saturated heterocycles. The molecule has 23 heavy (non-hydrogen) atoms. The van der Waals surface area contributed by atoms with E-state index in [0.717, 1.165) is 0 Å². The predicted molar refractivity (Wildman–Crippen MR) is 80.7 cm³/mol. The summed E-state index contributed by atoms with van der Waals surface area (Å²) < 4.78 is 5.18. The van der Waals surface area contributed by atoms with Crippen LogP contribution in [0.5, 0.6) is 0 Å². The van der Waals surface area contributed by atoms with Crippen molar-refractivity contribution in [2.75, 3.05) is 7.05 Å². The summed E-state index contributed by atoms with van der Waals surface area (Å²) in [5.41, 5.74) is 6.37. The highest BCUT2D eigenvalue weighted by atomic mass is 16.5. The van der Waals surface area contributed by atoms with E-state index in [1.807, 2.05) is 6.07 Å². The molecule has 0 radical (unpaired) electrons. The zero-order valence-corrected chi connectivity index (χ0v) is 12.8. The Morgan fingerprint density at radius 1 is 1.48 bits per heavy atom. The van der Waals surface area contributed by atoms with Crippen molar-refractivity contribution in [3.8, 4) is 11.5 Å². The van der Waals surface area contributed by atoms with E-state index in [2.05, 4.69) is 15.1 Å². The van der Waals surface area contributed by atoms with Crippen molar-refractivity contribution < 1.29 is 14.4 Å². The third-order valence-corrected chi connectivity index (χ3v) is 4.04. The summed E-state index contributed by atoms with van der Waals surface area (Å²) >= 11 is 0. The second-order valence-corrected chi connectivity index (χ2v) is 5.82. The number of aromatic nitrogens is 3. The molecule has 1 saturated carbocycles. The smallest absolute Gasteiger partial charge is 0.246 e. The van der Waals surface area contributed by atoms with Crippen molar-refractivity contribution in [1.29, 1.82) is 0 Å². The van der Waals surface area contributed by atoms with Gasteiger partial charge in [0.2, 0.25) is 17.6 Å². The fraction of sp³-hybridized carbons (Fsp3) is 0.467. The van der Waals surface area contributed by atoms with Gasteiger partial charge < -0.3 is 20.3 Å². The Kier molecular flexibility index (Phi) is 4.35. The van der Waals surface area contributed by atoms with Gasteiger partial charge in [0, 0.05) is 25.2 Å². The number of nitrogens with zero attached hydrogens (tertiary/aromatic N) is 4. The van der Waals surface area contributed by atoms with Gasteiger partial charge in [0.25, 0.3) is 0 Å². The van der Waals surface area contributed by atoms with Gasteiger partial charge >= 0.3 is 0 Å². The van der Waals surface area contributed by atoms with Crippen LogP contribution in [0.3, 0.4) is 0 Å². The second kappa shape index (κ2) is 6.43. The molecule has 122 valence electrons. The monoisotopic (exact) mass is 317 g/mol. The minimum absolute atomic E-state index is 0.0745. The van der Waals surface area contributed by atoms with Crippen LogP contribution in [-0.4, -0.2) is 50.2 Å². The summed E-state index contributed by atoms with van der Waals surface area (Å²) in [5.74, 6) is 0.391. The van der Waals surface area contributed by atoms with Crippen molar-refractivity contribution in [1.82, 2.24) is 20.0 Å². The first-order chi connectivity index (χ1) is 11.0. The molecule has 2 aromatic heterocycles. The van der Waals surface area contributed by atoms with Gasteiger partial charge in [0.15, 0.2) is 0 Å². The maximum Gasteiger partial charge on any atom is 0.246 e. The molecule has 3 atom stereocenters. The molecule has 2 aromatic rings. The zero-order valence-electron chi connectivity index (χ0n) is 12.8. The molecule has 0 spiro atoms. The third kappa shape index (κ3) is 3.38. The first kappa shape index (κ1) is 15.6. The van der Waals surface area contributed by atoms with Crippen LogP contribution in [0, 0.1) is 5.92 Å². The summed E-state index contributed by atoms with van der Waals surface area (Å²) in [4.78, 5) is 22.3. The molecule has 8 heteroatoms. The Hall–Kier alpha value is -2.32. The minimum Gasteiger partial charge on any atom is -0.391 e. The van der Waals surface area contributed by atoms with E-state index >= 15 is 0 Å². The van der Waals surface area contributed by atoms with Crippen molar-refractivity contribution in [3.63, 3.8) is 0 Å². The van der Waals surface area contributed by atoms with Crippen molar-refractivity contribution in [2.45, 2.75) is 31.5 Å². The molecule has 0 aliphatic heterocycles. The summed E-state index contributed by atoms with van der Waals surface area (Å²) in [5, 5.41) is 13.5. The van der Waals surface area contributed by atoms with E-state index in [1.54, 1.807) is 25.4 Å². The van der Waals surface area contributed by atoms with Gasteiger partial charge in [-0.05, 0) is 25.0 Å². The maximum atomic E-state index is 12.4. The summed E-state index contributed by atoms with van der Waals surface area (Å²) in [6.07, 6.45) is 1.92. The summed E-state index contributed by atoms with van der Waals surface area (Å²) in [6, 6.07) is 5.09. The third-order valence-electron chi connectivity index (χ3n) is 4.04. The standard InChI is InChI=1S/C15H19N5O3/c1-20(15(22)9-6-10(16)12(21)7-9)8-13-18-14(19-23-13)11-4-2-3-5-17-11/h2-5,9-10,12,21H,6-8,16H2,1H3/t9-,10-,12-/m0/s1. The lowest BCUT2D eigenvalue weighted by molar-refractivity contribution is -0.135. The number of pyridine rings is 1. The Labute approximate surface area is 133 Å². The topological polar surface area (TPSA) is 118 Å². The van der Waals surface area contributed by atoms with Crippen molar-refractivity contribution in [3.05, 3.63) is 30.3 Å². The number of aliphatic hydroxyl groups excluding tert-OH is 1. The van der Waals surface area contributed by atoms with Crippen molar-refractivity contribution >= 4 is 5.91 Å². The van der Waals surface area contributed by atoms with Crippen molar-refractivity contribution in [2.24, 2.45) is 11.7 Å². The van der Waals surface area contributed by atoms with Crippen LogP contribution in [0.2, 0.25) is 0 Å². The van der Waals surface area contributed by atoms with Gasteiger partial charge in [0.05, 0.1) is 12.6 Å². The highest BCUT2D eigenvalue weighted by Gasteiger charge is 2.36. The molecule has 1 aliphatic rings. The Balaban J connectivity index is 1.63. The van der Waals surface area contributed by atoms with Gasteiger partial charge in [-0.25, -0.2) is 0 Å². The zero-order chi connectivity index (χ0) is 16.4. The fourth-order valence-corrected chi connectivity index (χ4v) is 2.76. The molecule has 0 bridgehead atoms. The maximum absolute atomic E-state index is 12.4. The van der Waals surface area contributed by atoms with E-state index in [-0.39, 0.29) is 24.4 Å². The number of aliphatic hydroxyl groups is 1. The number of carbonyl (C=O) groups excluding carboxylic acids is 1. The normalized spacial score (nSPS) is 23.9. The predicted octanol–water partition coefficient (Wildman–Crippen LogP) is 0.188. The molecule has 3 rings (SSSR count). The highest BCUT2D eigenvalue weighted by Crippen LogP contribution is 2.26. The number of hydrogen-bond donors (Lipinski definition) is 2. The highest BCUT2D eigenvalue weighted by molar-refractivity contribution is 5.79. The quantitative estimate of drug-likeness (QED) is 0.826. The average molecular weight is 317 g/mol. The van der Waals surface area contributed by atoms with Gasteiger partial charge in [-0.15, -0.1) is 0 Å². The van der Waals surface area contributed by atoms with E-state index in [0.29, 0.717) is 30.3 Å². The lowest BCUT2D eigenvalue weighted by Crippen LogP contribution is -2.32. The average Bonchev–Trinajstić information content (AvgIpc) is 3.15. The first-order valence-electron chi connectivity index (χ1n) is 7.47. The lowest BCUT2D eigenvalue weighted by Gasteiger charge is -2.19. The molecule has 1 aliphatic carbocycles. The van der Waals surface area contributed by atoms with Gasteiger partial charge in [-0.3, -0.25) is 9.78 Å². The van der Waals surface area contributed by atoms with Crippen LogP contribution < -0.4 is 5.73 Å². The van der Waals surface area contributed by atoms with Gasteiger partial charge in [-0.2, -0.15) is 4.98 Å². The minimum atomic E-state index is -0.614. The summed E-state index contributed by atoms with van der Waals surface area (Å²) in [6.45, 7) is 0.209. The largest absolute Gasteiger partial charge is 0.391 e. The molecule has 2 heterocycles. The van der Waals surface area contributed by atoms with Crippen LogP contribution in [0.4, 0.5) is 0 Å². The molecule has 0 unspecified atom stereocenters. The van der Waals surface area contributed by atoms with Crippen LogP contribution >= 0.6 is 0 Å². The van der Waals surface area contributed by atoms with Gasteiger partial charge in [0.1, 0.15) is 5.69 Å². The number of rotatable bonds is 4. The molecule has 1 amide bonds. The lowest BCUT2D eigenvalue weighted by atomic mass is 10.1. The molecule has 3 N–H and O–H groups in total. The Morgan fingerprint density at radius 3 is 2.96 bits per heavy atom. The van der Waals surface area contributed by atoms with Crippen LogP contribution in [0.1, 0.15) is 18.7 Å². The second-order valence-electron chi connectivity index (χ2n) is 5.82. The molecular weight excluding hydrogens is 298 g/mol. The van der Waals surface area contributed by atoms with Crippen LogP contribution in [0.15, 0.2) is 28.9 Å². The first-order valence-corrected chi connectivity index (χ1v) is 7.47. The molecule has 8 nitrogen and oxygen atoms in total. The number of hydrogen-bond acceptors (Lipinski definition) is 7. The SMILES string of the molecule is CN(Cc1nc(-c2ccccn2)no1)C(=O)[C@H]1C[C@H](N)[C@@H](O)C1. The number of carbonyl (C=O) groups is 1. The Morgan fingerprint density at radius 2 is 2.30 bits per heavy atom. The van der Waals surface area contributed by atoms with E-state index in [1.165, 1.54) is 4.90 Å². The van der Waals surface area contributed by atoms with E-state index < -0.39 is 6.10 Å². The summed E-state index contributed by atoms with van der Waals surface area (Å²) in [7, 11) is 1.67. The van der Waals surface area contributed by atoms with Crippen LogP contribution in [-0.2, 0) is 11.3 Å². The Bertz CT molecular complexity index is 665.